The minimum absolute atomic E-state index is 0.0342. The lowest BCUT2D eigenvalue weighted by Crippen LogP contribution is -2.54. The Kier molecular flexibility index (Phi) is 9.66. The summed E-state index contributed by atoms with van der Waals surface area (Å²) in [6, 6.07) is 9.68. The number of carbonyl (C=O) groups is 7. The van der Waals surface area contributed by atoms with Crippen molar-refractivity contribution in [1.82, 2.24) is 29.9 Å². The van der Waals surface area contributed by atoms with Gasteiger partial charge in [-0.15, -0.1) is 0 Å². The number of nitrogens with one attached hydrogen (secondary N) is 2. The van der Waals surface area contributed by atoms with Crippen molar-refractivity contribution in [1.29, 1.82) is 0 Å². The Morgan fingerprint density at radius 3 is 2.30 bits per heavy atom. The van der Waals surface area contributed by atoms with Crippen LogP contribution in [-0.4, -0.2) is 103 Å². The van der Waals surface area contributed by atoms with Crippen LogP contribution in [0, 0.1) is 11.3 Å². The number of carboxylic acids is 1. The molecule has 1 atom stereocenters. The third kappa shape index (κ3) is 7.24. The molecule has 1 unspecified atom stereocenters. The molecule has 16 nitrogen and oxygen atoms in total. The van der Waals surface area contributed by atoms with E-state index in [4.69, 9.17) is 0 Å². The van der Waals surface area contributed by atoms with Crippen LogP contribution < -0.4 is 15.5 Å². The Labute approximate surface area is 345 Å². The molecule has 0 radical (unpaired) electrons. The van der Waals surface area contributed by atoms with Crippen molar-refractivity contribution < 1.29 is 51.8 Å². The maximum Gasteiger partial charge on any atom is 0.433 e. The van der Waals surface area contributed by atoms with Crippen molar-refractivity contribution in [3.05, 3.63) is 82.8 Å². The van der Waals surface area contributed by atoms with Gasteiger partial charge in [-0.2, -0.15) is 18.3 Å². The molecule has 316 valence electrons. The van der Waals surface area contributed by atoms with Gasteiger partial charge < -0.3 is 20.2 Å². The van der Waals surface area contributed by atoms with E-state index >= 15 is 0 Å². The lowest BCUT2D eigenvalue weighted by Gasteiger charge is -2.52. The van der Waals surface area contributed by atoms with Crippen LogP contribution >= 0.6 is 0 Å². The molecule has 3 saturated heterocycles. The molecule has 1 aliphatic carbocycles. The highest BCUT2D eigenvalue weighted by Crippen LogP contribution is 2.55. The molecule has 2 aromatic heterocycles. The van der Waals surface area contributed by atoms with Crippen LogP contribution in [0.1, 0.15) is 105 Å². The van der Waals surface area contributed by atoms with Crippen molar-refractivity contribution in [2.24, 2.45) is 11.3 Å². The van der Waals surface area contributed by atoms with E-state index in [9.17, 15) is 51.8 Å². The molecule has 0 bridgehead atoms. The summed E-state index contributed by atoms with van der Waals surface area (Å²) in [7, 11) is 0. The summed E-state index contributed by atoms with van der Waals surface area (Å²) in [5.74, 6) is -4.59. The summed E-state index contributed by atoms with van der Waals surface area (Å²) in [6.45, 7) is 2.42. The van der Waals surface area contributed by atoms with E-state index in [0.717, 1.165) is 54.5 Å². The number of piperidine rings is 3. The number of fused-ring (bicyclic) bond motifs is 2. The first-order valence-electron chi connectivity index (χ1n) is 20.1. The van der Waals surface area contributed by atoms with Gasteiger partial charge in [0.05, 0.1) is 33.9 Å². The molecule has 4 aliphatic heterocycles. The van der Waals surface area contributed by atoms with Gasteiger partial charge >= 0.3 is 12.1 Å². The number of alkyl halides is 3. The molecule has 6 heterocycles. The van der Waals surface area contributed by atoms with Crippen LogP contribution in [0.15, 0.2) is 54.7 Å². The second kappa shape index (κ2) is 14.8. The SMILES string of the molecule is O=C1CCC(N2C(=O)c3ccc(N4CCC(C(=O)N5CCC6(CC5)CC(n5cc7cc(NC(=O)c8cccc(C(F)(F)F)n8)c(C(=O)O)cc7n5)C6)CC4)cc3C2=O)C(=O)N1. The average molecular weight is 841 g/mol. The zero-order valence-electron chi connectivity index (χ0n) is 32.5. The second-order valence-corrected chi connectivity index (χ2v) is 16.6. The molecule has 9 rings (SSSR count). The number of hydrogen-bond donors (Lipinski definition) is 3. The fourth-order valence-electron chi connectivity index (χ4n) is 9.50. The average Bonchev–Trinajstić information content (AvgIpc) is 3.75. The molecule has 3 N–H and O–H groups in total. The highest BCUT2D eigenvalue weighted by molar-refractivity contribution is 6.23. The number of halogens is 3. The number of aromatic carboxylic acids is 1. The monoisotopic (exact) mass is 840 g/mol. The number of rotatable bonds is 7. The molecule has 19 heteroatoms. The quantitative estimate of drug-likeness (QED) is 0.218. The van der Waals surface area contributed by atoms with Crippen molar-refractivity contribution in [3.63, 3.8) is 0 Å². The number of carboxylic acid groups (broad SMARTS) is 1. The molecule has 1 spiro atoms. The Morgan fingerprint density at radius 2 is 1.61 bits per heavy atom. The summed E-state index contributed by atoms with van der Waals surface area (Å²) in [4.78, 5) is 97.6. The first-order chi connectivity index (χ1) is 29.1. The van der Waals surface area contributed by atoms with E-state index in [2.05, 4.69) is 25.6 Å². The van der Waals surface area contributed by atoms with Crippen LogP contribution in [0.5, 0.6) is 0 Å². The minimum atomic E-state index is -4.76. The van der Waals surface area contributed by atoms with Gasteiger partial charge in [0, 0.05) is 55.8 Å². The summed E-state index contributed by atoms with van der Waals surface area (Å²) >= 11 is 0. The molecular weight excluding hydrogens is 802 g/mol. The Morgan fingerprint density at radius 1 is 0.885 bits per heavy atom. The minimum Gasteiger partial charge on any atom is -0.478 e. The Balaban J connectivity index is 0.780. The fourth-order valence-corrected chi connectivity index (χ4v) is 9.50. The molecule has 61 heavy (non-hydrogen) atoms. The van der Waals surface area contributed by atoms with E-state index in [0.29, 0.717) is 49.9 Å². The van der Waals surface area contributed by atoms with E-state index in [1.54, 1.807) is 29.1 Å². The first-order valence-corrected chi connectivity index (χ1v) is 20.1. The van der Waals surface area contributed by atoms with Gasteiger partial charge in [-0.25, -0.2) is 9.78 Å². The van der Waals surface area contributed by atoms with Crippen molar-refractivity contribution in [3.8, 4) is 0 Å². The summed E-state index contributed by atoms with van der Waals surface area (Å²) in [5, 5.41) is 19.7. The smallest absolute Gasteiger partial charge is 0.433 e. The van der Waals surface area contributed by atoms with Gasteiger partial charge in [0.1, 0.15) is 17.4 Å². The van der Waals surface area contributed by atoms with Crippen molar-refractivity contribution in [2.75, 3.05) is 36.4 Å². The Bertz CT molecular complexity index is 2550. The maximum atomic E-state index is 13.7. The number of likely N-dealkylation sites (tertiary alicyclic amines) is 1. The topological polar surface area (TPSA) is 204 Å². The van der Waals surface area contributed by atoms with Gasteiger partial charge in [-0.05, 0) is 92.8 Å². The number of pyridine rings is 1. The van der Waals surface area contributed by atoms with Crippen LogP contribution in [0.25, 0.3) is 10.9 Å². The predicted molar refractivity (Wildman–Crippen MR) is 208 cm³/mol. The van der Waals surface area contributed by atoms with Gasteiger partial charge in [0.15, 0.2) is 0 Å². The maximum absolute atomic E-state index is 13.7. The normalized spacial score (nSPS) is 20.8. The number of carbonyl (C=O) groups excluding carboxylic acids is 6. The number of nitrogens with zero attached hydrogens (tertiary/aromatic N) is 6. The van der Waals surface area contributed by atoms with E-state index in [-0.39, 0.29) is 58.5 Å². The molecule has 4 aromatic rings. The standard InChI is InChI=1S/C42H39F3N8O8/c43-42(44,45)33-3-1-2-29(46-33)35(55)47-31-16-23-21-52(49-30(23)18-28(31)40(60)61)25-19-41(20-25)10-14-51(15-11-41)37(57)22-8-12-50(13-9-22)24-4-5-26-27(17-24)39(59)53(38(26)58)32-6-7-34(54)48-36(32)56/h1-5,16-18,21-22,25,32H,6-15,19-20H2,(H,47,55)(H,60,61)(H,48,54,56). The number of amides is 6. The predicted octanol–water partition coefficient (Wildman–Crippen LogP) is 4.66. The summed E-state index contributed by atoms with van der Waals surface area (Å²) in [6.07, 6.45) is 1.66. The first kappa shape index (κ1) is 39.8. The molecule has 1 saturated carbocycles. The Hall–Kier alpha value is -6.66. The summed E-state index contributed by atoms with van der Waals surface area (Å²) in [5.41, 5.74) is -0.543. The number of aromatic nitrogens is 3. The lowest BCUT2D eigenvalue weighted by atomic mass is 9.60. The van der Waals surface area contributed by atoms with E-state index in [1.165, 1.54) is 12.1 Å². The van der Waals surface area contributed by atoms with Crippen molar-refractivity contribution in [2.45, 2.75) is 69.6 Å². The fraction of sp³-hybridized carbons (Fsp3) is 0.405. The van der Waals surface area contributed by atoms with Gasteiger partial charge in [0.2, 0.25) is 17.7 Å². The van der Waals surface area contributed by atoms with Gasteiger partial charge in [-0.1, -0.05) is 6.07 Å². The van der Waals surface area contributed by atoms with Crippen LogP contribution in [0.3, 0.4) is 0 Å². The summed E-state index contributed by atoms with van der Waals surface area (Å²) < 4.78 is 41.3. The molecule has 4 fully saturated rings. The number of hydrogen-bond acceptors (Lipinski definition) is 10. The lowest BCUT2D eigenvalue weighted by molar-refractivity contribution is -0.141. The van der Waals surface area contributed by atoms with Gasteiger partial charge in [-0.3, -0.25) is 43.7 Å². The van der Waals surface area contributed by atoms with Crippen molar-refractivity contribution >= 4 is 63.7 Å². The van der Waals surface area contributed by atoms with Gasteiger partial charge in [0.25, 0.3) is 17.7 Å². The van der Waals surface area contributed by atoms with Crippen LogP contribution in [0.4, 0.5) is 24.5 Å². The van der Waals surface area contributed by atoms with Crippen LogP contribution in [-0.2, 0) is 20.6 Å². The highest BCUT2D eigenvalue weighted by atomic mass is 19.4. The third-order valence-electron chi connectivity index (χ3n) is 12.9. The number of anilines is 2. The largest absolute Gasteiger partial charge is 0.478 e. The highest BCUT2D eigenvalue weighted by Gasteiger charge is 2.48. The second-order valence-electron chi connectivity index (χ2n) is 16.6. The molecule has 5 aliphatic rings. The molecular formula is C42H39F3N8O8. The zero-order valence-corrected chi connectivity index (χ0v) is 32.5. The van der Waals surface area contributed by atoms with Crippen LogP contribution in [0.2, 0.25) is 0 Å². The van der Waals surface area contributed by atoms with E-state index < -0.39 is 59.1 Å². The molecule has 6 amide bonds. The zero-order chi connectivity index (χ0) is 43.0. The third-order valence-corrected chi connectivity index (χ3v) is 12.9. The van der Waals surface area contributed by atoms with E-state index in [1.807, 2.05) is 4.90 Å². The number of benzene rings is 2. The number of imide groups is 2. The molecule has 2 aromatic carbocycles.